The van der Waals surface area contributed by atoms with E-state index < -0.39 is 0 Å². The molecule has 1 unspecified atom stereocenters. The molecular formula is C16H24ClNO. The molecule has 19 heavy (non-hydrogen) atoms. The minimum atomic E-state index is 0.245. The highest BCUT2D eigenvalue weighted by Crippen LogP contribution is 2.27. The number of aliphatic hydroxyl groups is 1. The molecule has 0 bridgehead atoms. The number of hydrogen-bond acceptors (Lipinski definition) is 2. The van der Waals surface area contributed by atoms with Crippen molar-refractivity contribution < 1.29 is 5.11 Å². The lowest BCUT2D eigenvalue weighted by Crippen LogP contribution is -2.37. The van der Waals surface area contributed by atoms with Crippen molar-refractivity contribution >= 4 is 11.6 Å². The Morgan fingerprint density at radius 2 is 2.05 bits per heavy atom. The second-order valence-corrected chi connectivity index (χ2v) is 6.83. The zero-order valence-corrected chi connectivity index (χ0v) is 12.6. The van der Waals surface area contributed by atoms with E-state index in [9.17, 15) is 0 Å². The third-order valence-electron chi connectivity index (χ3n) is 3.98. The van der Waals surface area contributed by atoms with Crippen LogP contribution >= 0.6 is 11.6 Å². The highest BCUT2D eigenvalue weighted by Gasteiger charge is 2.24. The Balaban J connectivity index is 1.83. The summed E-state index contributed by atoms with van der Waals surface area (Å²) in [4.78, 5) is 0. The van der Waals surface area contributed by atoms with E-state index in [0.717, 1.165) is 37.3 Å². The Morgan fingerprint density at radius 3 is 2.79 bits per heavy atom. The van der Waals surface area contributed by atoms with Crippen LogP contribution in [0.15, 0.2) is 18.2 Å². The maximum atomic E-state index is 8.92. The van der Waals surface area contributed by atoms with Gasteiger partial charge in [-0.05, 0) is 54.4 Å². The highest BCUT2D eigenvalue weighted by atomic mass is 35.5. The molecule has 2 rings (SSSR count). The van der Waals surface area contributed by atoms with Gasteiger partial charge in [-0.3, -0.25) is 0 Å². The molecule has 2 N–H and O–H groups in total. The third kappa shape index (κ3) is 4.20. The molecule has 0 aliphatic heterocycles. The van der Waals surface area contributed by atoms with Crippen LogP contribution in [0.3, 0.4) is 0 Å². The first-order valence-corrected chi connectivity index (χ1v) is 7.49. The van der Waals surface area contributed by atoms with Crippen LogP contribution in [-0.2, 0) is 12.8 Å². The van der Waals surface area contributed by atoms with Gasteiger partial charge >= 0.3 is 0 Å². The number of benzene rings is 1. The lowest BCUT2D eigenvalue weighted by molar-refractivity contribution is 0.232. The zero-order valence-electron chi connectivity index (χ0n) is 11.9. The second-order valence-electron chi connectivity index (χ2n) is 6.39. The van der Waals surface area contributed by atoms with Crippen LogP contribution in [0, 0.1) is 5.41 Å². The molecule has 0 fully saturated rings. The molecule has 0 spiro atoms. The summed E-state index contributed by atoms with van der Waals surface area (Å²) >= 11 is 6.03. The largest absolute Gasteiger partial charge is 0.396 e. The molecule has 0 heterocycles. The van der Waals surface area contributed by atoms with Crippen molar-refractivity contribution in [1.29, 1.82) is 0 Å². The van der Waals surface area contributed by atoms with E-state index in [1.807, 2.05) is 6.07 Å². The third-order valence-corrected chi connectivity index (χ3v) is 4.22. The first-order valence-electron chi connectivity index (χ1n) is 7.12. The molecule has 1 atom stereocenters. The van der Waals surface area contributed by atoms with Crippen LogP contribution in [0.4, 0.5) is 0 Å². The first-order chi connectivity index (χ1) is 9.00. The summed E-state index contributed by atoms with van der Waals surface area (Å²) in [5.41, 5.74) is 3.06. The minimum absolute atomic E-state index is 0.245. The van der Waals surface area contributed by atoms with Gasteiger partial charge in [0.25, 0.3) is 0 Å². The van der Waals surface area contributed by atoms with Crippen molar-refractivity contribution in [2.45, 2.75) is 45.6 Å². The van der Waals surface area contributed by atoms with Crippen molar-refractivity contribution in [2.75, 3.05) is 13.2 Å². The predicted molar refractivity (Wildman–Crippen MR) is 80.8 cm³/mol. The van der Waals surface area contributed by atoms with E-state index >= 15 is 0 Å². The Hall–Kier alpha value is -0.570. The SMILES string of the molecule is CC(C)(CCCO)CNC1Cc2ccc(Cl)cc2C1. The lowest BCUT2D eigenvalue weighted by Gasteiger charge is -2.27. The Morgan fingerprint density at radius 1 is 1.32 bits per heavy atom. The summed E-state index contributed by atoms with van der Waals surface area (Å²) in [6.45, 7) is 5.80. The fourth-order valence-corrected chi connectivity index (χ4v) is 2.99. The quantitative estimate of drug-likeness (QED) is 0.839. The molecule has 0 saturated heterocycles. The van der Waals surface area contributed by atoms with Crippen molar-refractivity contribution in [3.05, 3.63) is 34.3 Å². The molecule has 0 radical (unpaired) electrons. The summed E-state index contributed by atoms with van der Waals surface area (Å²) in [5, 5.41) is 13.4. The zero-order chi connectivity index (χ0) is 13.9. The number of rotatable bonds is 6. The molecule has 1 aliphatic carbocycles. The van der Waals surface area contributed by atoms with Crippen molar-refractivity contribution in [2.24, 2.45) is 5.41 Å². The molecule has 1 aromatic rings. The van der Waals surface area contributed by atoms with E-state index in [2.05, 4.69) is 31.3 Å². The van der Waals surface area contributed by atoms with Crippen molar-refractivity contribution in [1.82, 2.24) is 5.32 Å². The highest BCUT2D eigenvalue weighted by molar-refractivity contribution is 6.30. The maximum absolute atomic E-state index is 8.92. The monoisotopic (exact) mass is 281 g/mol. The van der Waals surface area contributed by atoms with Gasteiger partial charge in [-0.2, -0.15) is 0 Å². The normalized spacial score (nSPS) is 18.6. The molecule has 0 aromatic heterocycles. The molecule has 1 aliphatic rings. The fraction of sp³-hybridized carbons (Fsp3) is 0.625. The molecule has 3 heteroatoms. The van der Waals surface area contributed by atoms with Crippen molar-refractivity contribution in [3.63, 3.8) is 0 Å². The van der Waals surface area contributed by atoms with Crippen molar-refractivity contribution in [3.8, 4) is 0 Å². The van der Waals surface area contributed by atoms with E-state index in [-0.39, 0.29) is 12.0 Å². The summed E-state index contributed by atoms with van der Waals surface area (Å²) in [6, 6.07) is 6.75. The molecule has 1 aromatic carbocycles. The summed E-state index contributed by atoms with van der Waals surface area (Å²) in [7, 11) is 0. The summed E-state index contributed by atoms with van der Waals surface area (Å²) in [6.07, 6.45) is 4.12. The number of aliphatic hydroxyl groups excluding tert-OH is 1. The minimum Gasteiger partial charge on any atom is -0.396 e. The van der Waals surface area contributed by atoms with E-state index in [0.29, 0.717) is 6.04 Å². The van der Waals surface area contributed by atoms with Crippen LogP contribution in [0.1, 0.15) is 37.8 Å². The fourth-order valence-electron chi connectivity index (χ4n) is 2.80. The Kier molecular flexibility index (Phi) is 4.88. The van der Waals surface area contributed by atoms with Gasteiger partial charge in [-0.25, -0.2) is 0 Å². The average Bonchev–Trinajstić information content (AvgIpc) is 2.76. The van der Waals surface area contributed by atoms with Gasteiger partial charge in [0.15, 0.2) is 0 Å². The molecule has 2 nitrogen and oxygen atoms in total. The predicted octanol–water partition coefficient (Wildman–Crippen LogP) is 3.20. The summed E-state index contributed by atoms with van der Waals surface area (Å²) in [5.74, 6) is 0. The summed E-state index contributed by atoms with van der Waals surface area (Å²) < 4.78 is 0. The Bertz CT molecular complexity index is 431. The van der Waals surface area contributed by atoms with Crippen LogP contribution in [0.5, 0.6) is 0 Å². The molecule has 0 amide bonds. The van der Waals surface area contributed by atoms with Gasteiger partial charge in [-0.1, -0.05) is 31.5 Å². The molecular weight excluding hydrogens is 258 g/mol. The molecule has 0 saturated carbocycles. The average molecular weight is 282 g/mol. The van der Waals surface area contributed by atoms with Crippen LogP contribution in [-0.4, -0.2) is 24.3 Å². The lowest BCUT2D eigenvalue weighted by atomic mass is 9.87. The molecule has 106 valence electrons. The van der Waals surface area contributed by atoms with Gasteiger partial charge in [0.05, 0.1) is 0 Å². The number of halogens is 1. The second kappa shape index (κ2) is 6.25. The number of hydrogen-bond donors (Lipinski definition) is 2. The van der Waals surface area contributed by atoms with Gasteiger partial charge in [0.1, 0.15) is 0 Å². The van der Waals surface area contributed by atoms with E-state index in [1.54, 1.807) is 0 Å². The van der Waals surface area contributed by atoms with E-state index in [1.165, 1.54) is 11.1 Å². The Labute approximate surface area is 121 Å². The van der Waals surface area contributed by atoms with Gasteiger partial charge < -0.3 is 10.4 Å². The van der Waals surface area contributed by atoms with Crippen LogP contribution in [0.25, 0.3) is 0 Å². The smallest absolute Gasteiger partial charge is 0.0431 e. The van der Waals surface area contributed by atoms with Gasteiger partial charge in [-0.15, -0.1) is 0 Å². The first kappa shape index (κ1) is 14.8. The van der Waals surface area contributed by atoms with Gasteiger partial charge in [0, 0.05) is 24.2 Å². The van der Waals surface area contributed by atoms with Crippen LogP contribution in [0.2, 0.25) is 5.02 Å². The number of fused-ring (bicyclic) bond motifs is 1. The topological polar surface area (TPSA) is 32.3 Å². The van der Waals surface area contributed by atoms with E-state index in [4.69, 9.17) is 16.7 Å². The van der Waals surface area contributed by atoms with Gasteiger partial charge in [0.2, 0.25) is 0 Å². The standard InChI is InChI=1S/C16H24ClNO/c1-16(2,6-3-7-19)11-18-15-9-12-4-5-14(17)8-13(12)10-15/h4-5,8,15,18-19H,3,6-7,9-11H2,1-2H3. The maximum Gasteiger partial charge on any atom is 0.0431 e. The van der Waals surface area contributed by atoms with Crippen LogP contribution < -0.4 is 5.32 Å². The number of nitrogens with one attached hydrogen (secondary N) is 1.